The molecular formula is C21H19F5NO5P. The molecular weight excluding hydrogens is 472 g/mol. The Morgan fingerprint density at radius 1 is 0.970 bits per heavy atom. The Balaban J connectivity index is 1.52. The zero-order valence-electron chi connectivity index (χ0n) is 17.1. The summed E-state index contributed by atoms with van der Waals surface area (Å²) in [7, 11) is -3.83. The number of halogens is 5. The lowest BCUT2D eigenvalue weighted by Crippen LogP contribution is -2.37. The summed E-state index contributed by atoms with van der Waals surface area (Å²) >= 11 is 0. The fourth-order valence-electron chi connectivity index (χ4n) is 3.65. The van der Waals surface area contributed by atoms with Crippen molar-refractivity contribution in [1.82, 2.24) is 0 Å². The second kappa shape index (κ2) is 8.61. The number of esters is 1. The second-order valence-corrected chi connectivity index (χ2v) is 10.7. The Morgan fingerprint density at radius 3 is 2.12 bits per heavy atom. The highest BCUT2D eigenvalue weighted by atomic mass is 31.2. The van der Waals surface area contributed by atoms with Gasteiger partial charge in [-0.1, -0.05) is 25.0 Å². The predicted octanol–water partition coefficient (Wildman–Crippen LogP) is 5.23. The molecule has 1 aliphatic carbocycles. The highest BCUT2D eigenvalue weighted by molar-refractivity contribution is 7.70. The third-order valence-electron chi connectivity index (χ3n) is 5.71. The van der Waals surface area contributed by atoms with E-state index in [1.807, 2.05) is 0 Å². The van der Waals surface area contributed by atoms with E-state index in [1.54, 1.807) is 0 Å². The van der Waals surface area contributed by atoms with Gasteiger partial charge in [0.25, 0.3) is 7.37 Å². The molecule has 0 aromatic heterocycles. The topological polar surface area (TPSA) is 87.9 Å². The molecule has 2 aliphatic rings. The molecule has 2 aromatic rings. The quantitative estimate of drug-likeness (QED) is 0.188. The minimum Gasteiger partial charge on any atom is -0.464 e. The molecule has 1 heterocycles. The molecule has 6 nitrogen and oxygen atoms in total. The van der Waals surface area contributed by atoms with Gasteiger partial charge >= 0.3 is 5.97 Å². The van der Waals surface area contributed by atoms with E-state index >= 15 is 0 Å². The smallest absolute Gasteiger partial charge is 0.338 e. The largest absolute Gasteiger partial charge is 0.464 e. The summed E-state index contributed by atoms with van der Waals surface area (Å²) in [5, 5.41) is -1.90. The van der Waals surface area contributed by atoms with E-state index in [-0.39, 0.29) is 24.4 Å². The molecule has 178 valence electrons. The third kappa shape index (κ3) is 4.19. The van der Waals surface area contributed by atoms with E-state index in [9.17, 15) is 31.3 Å². The molecule has 2 fully saturated rings. The summed E-state index contributed by atoms with van der Waals surface area (Å²) in [4.78, 5) is 12.4. The van der Waals surface area contributed by atoms with Crippen molar-refractivity contribution in [3.05, 3.63) is 53.4 Å². The van der Waals surface area contributed by atoms with Crippen molar-refractivity contribution in [3.8, 4) is 17.2 Å². The Kier molecular flexibility index (Phi) is 6.13. The van der Waals surface area contributed by atoms with Gasteiger partial charge in [-0.3, -0.25) is 4.57 Å². The van der Waals surface area contributed by atoms with Crippen LogP contribution in [0.3, 0.4) is 0 Å². The molecule has 33 heavy (non-hydrogen) atoms. The van der Waals surface area contributed by atoms with Gasteiger partial charge in [-0.15, -0.1) is 0 Å². The number of ether oxygens (including phenoxy) is 2. The van der Waals surface area contributed by atoms with E-state index in [2.05, 4.69) is 0 Å². The molecule has 1 unspecified atom stereocenters. The van der Waals surface area contributed by atoms with Crippen LogP contribution in [0.5, 0.6) is 17.2 Å². The minimum absolute atomic E-state index is 0.151. The number of rotatable bonds is 7. The SMILES string of the molecule is N[C@]1(C(=O)OCC2CCCC2)CP1(=O)Oc1ccccc1Oc1c(F)c(F)c(F)c(F)c1F. The van der Waals surface area contributed by atoms with Gasteiger partial charge in [0.15, 0.2) is 11.5 Å². The van der Waals surface area contributed by atoms with Gasteiger partial charge in [0.2, 0.25) is 40.1 Å². The second-order valence-electron chi connectivity index (χ2n) is 8.04. The maximum Gasteiger partial charge on any atom is 0.338 e. The first-order valence-corrected chi connectivity index (χ1v) is 11.9. The number of hydrogen-bond acceptors (Lipinski definition) is 6. The standard InChI is InChI=1S/C21H19F5NO5P/c22-14-15(23)17(25)19(18(26)16(14)24)31-12-7-3-4-8-13(12)32-33(29)10-21(33,27)20(28)30-9-11-5-1-2-6-11/h3-4,7-8,11H,1-2,5-6,9-10,27H2/t21-,33?/m1/s1. The van der Waals surface area contributed by atoms with Crippen molar-refractivity contribution in [2.45, 2.75) is 31.0 Å². The minimum atomic E-state index is -3.83. The van der Waals surface area contributed by atoms with Crippen molar-refractivity contribution < 1.29 is 45.3 Å². The Labute approximate surface area is 185 Å². The highest BCUT2D eigenvalue weighted by Gasteiger charge is 2.72. The summed E-state index contributed by atoms with van der Waals surface area (Å²) in [5.41, 5.74) is 5.94. The van der Waals surface area contributed by atoms with Crippen LogP contribution >= 0.6 is 7.37 Å². The van der Waals surface area contributed by atoms with Gasteiger partial charge < -0.3 is 19.7 Å². The number of benzene rings is 2. The summed E-state index contributed by atoms with van der Waals surface area (Å²) < 4.78 is 96.8. The van der Waals surface area contributed by atoms with Crippen molar-refractivity contribution in [3.63, 3.8) is 0 Å². The van der Waals surface area contributed by atoms with Gasteiger partial charge in [0.05, 0.1) is 12.8 Å². The molecule has 1 aliphatic heterocycles. The van der Waals surface area contributed by atoms with Gasteiger partial charge in [0.1, 0.15) is 0 Å². The molecule has 1 saturated heterocycles. The van der Waals surface area contributed by atoms with E-state index in [0.717, 1.165) is 31.7 Å². The molecule has 2 atom stereocenters. The van der Waals surface area contributed by atoms with Crippen LogP contribution in [0.15, 0.2) is 24.3 Å². The van der Waals surface area contributed by atoms with Crippen LogP contribution in [0.2, 0.25) is 0 Å². The first kappa shape index (κ1) is 23.5. The Hall–Kier alpha value is -2.65. The monoisotopic (exact) mass is 491 g/mol. The lowest BCUT2D eigenvalue weighted by atomic mass is 10.1. The zero-order chi connectivity index (χ0) is 24.0. The Morgan fingerprint density at radius 2 is 1.52 bits per heavy atom. The summed E-state index contributed by atoms with van der Waals surface area (Å²) in [5.74, 6) is -14.2. The number of carbonyl (C=O) groups is 1. The van der Waals surface area contributed by atoms with Crippen molar-refractivity contribution >= 4 is 13.3 Å². The van der Waals surface area contributed by atoms with Gasteiger partial charge in [0, 0.05) is 0 Å². The maximum atomic E-state index is 14.0. The van der Waals surface area contributed by atoms with Crippen molar-refractivity contribution in [2.75, 3.05) is 12.8 Å². The third-order valence-corrected chi connectivity index (χ3v) is 8.29. The van der Waals surface area contributed by atoms with E-state index < -0.39 is 59.2 Å². The van der Waals surface area contributed by atoms with Crippen LogP contribution < -0.4 is 15.0 Å². The van der Waals surface area contributed by atoms with Crippen molar-refractivity contribution in [2.24, 2.45) is 11.7 Å². The van der Waals surface area contributed by atoms with Gasteiger partial charge in [-0.05, 0) is 30.9 Å². The van der Waals surface area contributed by atoms with E-state index in [0.29, 0.717) is 0 Å². The number of hydrogen-bond donors (Lipinski definition) is 1. The van der Waals surface area contributed by atoms with Crippen LogP contribution in [-0.2, 0) is 14.1 Å². The van der Waals surface area contributed by atoms with Crippen LogP contribution in [-0.4, -0.2) is 24.0 Å². The molecule has 0 spiro atoms. The average Bonchev–Trinajstić information content (AvgIpc) is 3.13. The van der Waals surface area contributed by atoms with Gasteiger partial charge in [-0.25, -0.2) is 18.0 Å². The van der Waals surface area contributed by atoms with Crippen LogP contribution in [0, 0.1) is 35.0 Å². The molecule has 2 N–H and O–H groups in total. The maximum absolute atomic E-state index is 14.0. The van der Waals surface area contributed by atoms with Gasteiger partial charge in [-0.2, -0.15) is 8.78 Å². The van der Waals surface area contributed by atoms with E-state index in [1.165, 1.54) is 18.2 Å². The summed E-state index contributed by atoms with van der Waals surface area (Å²) in [6.45, 7) is 0.151. The molecule has 0 radical (unpaired) electrons. The number of para-hydroxylation sites is 2. The molecule has 2 aromatic carbocycles. The molecule has 4 rings (SSSR count). The number of nitrogens with two attached hydrogens (primary N) is 1. The Bertz CT molecular complexity index is 1130. The average molecular weight is 491 g/mol. The van der Waals surface area contributed by atoms with Crippen LogP contribution in [0.1, 0.15) is 25.7 Å². The first-order valence-electron chi connectivity index (χ1n) is 10.1. The molecule has 0 bridgehead atoms. The zero-order valence-corrected chi connectivity index (χ0v) is 18.0. The molecule has 1 saturated carbocycles. The predicted molar refractivity (Wildman–Crippen MR) is 106 cm³/mol. The lowest BCUT2D eigenvalue weighted by Gasteiger charge is -2.16. The fraction of sp³-hybridized carbons (Fsp3) is 0.381. The molecule has 0 amide bonds. The number of carbonyl (C=O) groups excluding carboxylic acids is 1. The highest BCUT2D eigenvalue weighted by Crippen LogP contribution is 2.73. The van der Waals surface area contributed by atoms with Crippen LogP contribution in [0.25, 0.3) is 0 Å². The fourth-order valence-corrected chi connectivity index (χ4v) is 5.73. The first-order chi connectivity index (χ1) is 15.6. The van der Waals surface area contributed by atoms with Crippen LogP contribution in [0.4, 0.5) is 22.0 Å². The summed E-state index contributed by atoms with van der Waals surface area (Å²) in [6.07, 6.45) is 3.57. The summed E-state index contributed by atoms with van der Waals surface area (Å²) in [6, 6.07) is 4.99. The molecule has 12 heteroatoms. The van der Waals surface area contributed by atoms with E-state index in [4.69, 9.17) is 19.7 Å². The van der Waals surface area contributed by atoms with Crippen molar-refractivity contribution in [1.29, 1.82) is 0 Å². The normalized spacial score (nSPS) is 24.5. The lowest BCUT2D eigenvalue weighted by molar-refractivity contribution is -0.146.